The van der Waals surface area contributed by atoms with Gasteiger partial charge in [0.15, 0.2) is 5.82 Å². The lowest BCUT2D eigenvalue weighted by Crippen LogP contribution is -2.18. The zero-order valence-electron chi connectivity index (χ0n) is 10.9. The zero-order chi connectivity index (χ0) is 14.4. The highest BCUT2D eigenvalue weighted by molar-refractivity contribution is 7.23. The lowest BCUT2D eigenvalue weighted by molar-refractivity contribution is 0.993. The smallest absolute Gasteiger partial charge is 0.245 e. The van der Waals surface area contributed by atoms with Crippen LogP contribution in [0.25, 0.3) is 26.6 Å². The number of fused-ring (bicyclic) bond motifs is 3. The monoisotopic (exact) mass is 289 g/mol. The second-order valence-electron chi connectivity index (χ2n) is 4.64. The summed E-state index contributed by atoms with van der Waals surface area (Å²) < 4.78 is 2.44. The van der Waals surface area contributed by atoms with Crippen LogP contribution in [0.3, 0.4) is 0 Å². The van der Waals surface area contributed by atoms with Gasteiger partial charge in [0.25, 0.3) is 0 Å². The van der Waals surface area contributed by atoms with E-state index in [1.54, 1.807) is 6.07 Å². The third-order valence-corrected chi connectivity index (χ3v) is 4.25. The maximum Gasteiger partial charge on any atom is 0.356 e. The molecule has 0 aliphatic heterocycles. The highest BCUT2D eigenvalue weighted by atomic mass is 32.1. The predicted molar refractivity (Wildman–Crippen MR) is 85.5 cm³/mol. The highest BCUT2D eigenvalue weighted by Gasteiger charge is 2.11. The molecule has 0 spiro atoms. The van der Waals surface area contributed by atoms with E-state index in [0.29, 0.717) is 16.2 Å². The summed E-state index contributed by atoms with van der Waals surface area (Å²) in [6.45, 7) is 0. The molecule has 4 rings (SSSR count). The van der Waals surface area contributed by atoms with Gasteiger partial charge in [0.2, 0.25) is 4.96 Å². The number of hydrogen-bond donors (Lipinski definition) is 0. The molecule has 0 N–H and O–H groups in total. The van der Waals surface area contributed by atoms with Crippen molar-refractivity contribution in [1.82, 2.24) is 14.4 Å². The van der Waals surface area contributed by atoms with Gasteiger partial charge in [-0.2, -0.15) is 9.97 Å². The SMILES string of the molecule is [B]c1ccc2c(c1)sc1nc(-c3ccccc3)nc(=O)n12. The van der Waals surface area contributed by atoms with Gasteiger partial charge < -0.3 is 0 Å². The Morgan fingerprint density at radius 1 is 1.05 bits per heavy atom. The van der Waals surface area contributed by atoms with Crippen molar-refractivity contribution in [3.05, 3.63) is 59.0 Å². The van der Waals surface area contributed by atoms with Crippen molar-refractivity contribution >= 4 is 39.8 Å². The van der Waals surface area contributed by atoms with Gasteiger partial charge in [-0.3, -0.25) is 0 Å². The third-order valence-electron chi connectivity index (χ3n) is 3.24. The molecular formula is C15H8BN3OS. The molecule has 0 fully saturated rings. The van der Waals surface area contributed by atoms with Crippen molar-refractivity contribution < 1.29 is 0 Å². The second-order valence-corrected chi connectivity index (χ2v) is 5.65. The molecule has 2 aromatic heterocycles. The molecule has 6 heteroatoms. The Bertz CT molecular complexity index is 1020. The van der Waals surface area contributed by atoms with Gasteiger partial charge in [0.05, 0.1) is 10.2 Å². The average Bonchev–Trinajstić information content (AvgIpc) is 2.85. The van der Waals surface area contributed by atoms with Crippen LogP contribution >= 0.6 is 11.3 Å². The molecule has 0 aliphatic carbocycles. The van der Waals surface area contributed by atoms with E-state index in [0.717, 1.165) is 15.8 Å². The van der Waals surface area contributed by atoms with Gasteiger partial charge in [0, 0.05) is 5.56 Å². The Balaban J connectivity index is 2.07. The van der Waals surface area contributed by atoms with E-state index in [4.69, 9.17) is 7.85 Å². The molecule has 0 aliphatic rings. The first kappa shape index (κ1) is 12.3. The van der Waals surface area contributed by atoms with Crippen molar-refractivity contribution in [2.75, 3.05) is 0 Å². The molecule has 2 radical (unpaired) electrons. The molecule has 4 aromatic rings. The summed E-state index contributed by atoms with van der Waals surface area (Å²) in [5.74, 6) is 0.445. The van der Waals surface area contributed by atoms with Gasteiger partial charge in [-0.15, -0.1) is 0 Å². The molecule has 0 saturated carbocycles. The summed E-state index contributed by atoms with van der Waals surface area (Å²) in [7, 11) is 5.79. The van der Waals surface area contributed by atoms with E-state index >= 15 is 0 Å². The molecule has 0 amide bonds. The Labute approximate surface area is 125 Å². The molecule has 4 nitrogen and oxygen atoms in total. The first-order valence-electron chi connectivity index (χ1n) is 6.37. The fourth-order valence-electron chi connectivity index (χ4n) is 2.27. The fraction of sp³-hybridized carbons (Fsp3) is 0. The van der Waals surface area contributed by atoms with E-state index in [1.807, 2.05) is 42.5 Å². The van der Waals surface area contributed by atoms with Gasteiger partial charge >= 0.3 is 5.69 Å². The van der Waals surface area contributed by atoms with Crippen molar-refractivity contribution in [3.63, 3.8) is 0 Å². The molecule has 0 unspecified atom stereocenters. The topological polar surface area (TPSA) is 47.3 Å². The van der Waals surface area contributed by atoms with Crippen LogP contribution in [0.4, 0.5) is 0 Å². The van der Waals surface area contributed by atoms with E-state index in [-0.39, 0.29) is 5.69 Å². The standard InChI is InChI=1S/C15H8BN3OS/c16-10-6-7-11-12(8-10)21-15-18-13(17-14(20)19(11)15)9-4-2-1-3-5-9/h1-8H. The van der Waals surface area contributed by atoms with Crippen LogP contribution in [0.15, 0.2) is 53.3 Å². The minimum Gasteiger partial charge on any atom is -0.245 e. The van der Waals surface area contributed by atoms with Crippen LogP contribution in [0, 0.1) is 0 Å². The molecule has 2 heterocycles. The van der Waals surface area contributed by atoms with E-state index in [9.17, 15) is 4.79 Å². The van der Waals surface area contributed by atoms with Crippen LogP contribution in [0.5, 0.6) is 0 Å². The molecule has 2 aromatic carbocycles. The number of hydrogen-bond acceptors (Lipinski definition) is 4. The lowest BCUT2D eigenvalue weighted by Gasteiger charge is -1.99. The molecule has 21 heavy (non-hydrogen) atoms. The van der Waals surface area contributed by atoms with Crippen molar-refractivity contribution in [2.24, 2.45) is 0 Å². The maximum atomic E-state index is 12.3. The van der Waals surface area contributed by atoms with Crippen LogP contribution in [-0.2, 0) is 0 Å². The summed E-state index contributed by atoms with van der Waals surface area (Å²) in [5.41, 5.74) is 1.95. The molecule has 0 bridgehead atoms. The average molecular weight is 289 g/mol. The predicted octanol–water partition coefficient (Wildman–Crippen LogP) is 1.76. The van der Waals surface area contributed by atoms with Crippen LogP contribution in [0.2, 0.25) is 0 Å². The van der Waals surface area contributed by atoms with Crippen molar-refractivity contribution in [1.29, 1.82) is 0 Å². The fourth-order valence-corrected chi connectivity index (χ4v) is 3.33. The van der Waals surface area contributed by atoms with E-state index in [2.05, 4.69) is 9.97 Å². The molecule has 0 saturated heterocycles. The van der Waals surface area contributed by atoms with Crippen LogP contribution in [-0.4, -0.2) is 22.2 Å². The van der Waals surface area contributed by atoms with Gasteiger partial charge in [-0.05, 0) is 12.1 Å². The quantitative estimate of drug-likeness (QED) is 0.502. The number of rotatable bonds is 1. The summed E-state index contributed by atoms with van der Waals surface area (Å²) in [4.78, 5) is 21.5. The van der Waals surface area contributed by atoms with Gasteiger partial charge in [-0.25, -0.2) is 9.20 Å². The zero-order valence-corrected chi connectivity index (χ0v) is 11.7. The van der Waals surface area contributed by atoms with Crippen molar-refractivity contribution in [2.45, 2.75) is 0 Å². The minimum absolute atomic E-state index is 0.324. The van der Waals surface area contributed by atoms with Crippen molar-refractivity contribution in [3.8, 4) is 11.4 Å². The Morgan fingerprint density at radius 2 is 1.86 bits per heavy atom. The first-order valence-corrected chi connectivity index (χ1v) is 7.18. The van der Waals surface area contributed by atoms with E-state index in [1.165, 1.54) is 15.7 Å². The summed E-state index contributed by atoms with van der Waals surface area (Å²) in [6.07, 6.45) is 0. The summed E-state index contributed by atoms with van der Waals surface area (Å²) >= 11 is 1.43. The lowest BCUT2D eigenvalue weighted by atomic mass is 9.97. The Kier molecular flexibility index (Phi) is 2.65. The minimum atomic E-state index is -0.324. The second kappa shape index (κ2) is 4.53. The third kappa shape index (κ3) is 1.95. The summed E-state index contributed by atoms with van der Waals surface area (Å²) in [5, 5.41) is 0. The largest absolute Gasteiger partial charge is 0.356 e. The van der Waals surface area contributed by atoms with Crippen LogP contribution in [0.1, 0.15) is 0 Å². The first-order chi connectivity index (χ1) is 10.2. The number of benzene rings is 2. The Morgan fingerprint density at radius 3 is 2.67 bits per heavy atom. The van der Waals surface area contributed by atoms with Crippen LogP contribution < -0.4 is 11.2 Å². The maximum absolute atomic E-state index is 12.3. The van der Waals surface area contributed by atoms with Gasteiger partial charge in [0.1, 0.15) is 7.85 Å². The number of aromatic nitrogens is 3. The van der Waals surface area contributed by atoms with E-state index < -0.39 is 0 Å². The number of nitrogens with zero attached hydrogens (tertiary/aromatic N) is 3. The van der Waals surface area contributed by atoms with Gasteiger partial charge in [-0.1, -0.05) is 53.2 Å². The Hall–Kier alpha value is -2.47. The molecular weight excluding hydrogens is 281 g/mol. The normalized spacial score (nSPS) is 11.2. The summed E-state index contributed by atoms with van der Waals surface area (Å²) in [6, 6.07) is 14.9. The molecule has 0 atom stereocenters. The number of thiazole rings is 1. The molecule has 98 valence electrons. The highest BCUT2D eigenvalue weighted by Crippen LogP contribution is 2.24.